The number of hydrogen-bond donors (Lipinski definition) is 4. The Labute approximate surface area is 292 Å². The molecule has 1 aliphatic carbocycles. The van der Waals surface area contributed by atoms with Crippen molar-refractivity contribution in [3.8, 4) is 5.88 Å². The molecule has 1 saturated carbocycles. The molecule has 5 N–H and O–H groups in total. The standard InChI is InChI=1S/C35H39F3N8O5/c1-44-30(21-49)46(28-6-5-24(19-47)42-27(28)20-48)29-4-2-3-25(31(29)44)41-23-7-9-34(10-8-23)11-13-45(14-12-34)15-16-51-32-26(43-33(39)50)17-22(18-40-32)35(36,37)38/h2-4,17-18,23,28,41-42H,5-16H2,1H3,(H3,39,43,50). The van der Waals surface area contributed by atoms with E-state index in [1.165, 1.54) is 0 Å². The molecule has 6 rings (SSSR count). The fraction of sp³-hybridized carbons (Fsp3) is 0.486. The van der Waals surface area contributed by atoms with E-state index in [1.807, 2.05) is 30.1 Å². The van der Waals surface area contributed by atoms with Crippen molar-refractivity contribution in [1.82, 2.24) is 15.2 Å². The molecule has 3 aliphatic heterocycles. The summed E-state index contributed by atoms with van der Waals surface area (Å²) < 4.78 is 45.1. The lowest BCUT2D eigenvalue weighted by Gasteiger charge is -2.46. The zero-order valence-corrected chi connectivity index (χ0v) is 28.1. The molecule has 1 unspecified atom stereocenters. The highest BCUT2D eigenvalue weighted by Gasteiger charge is 2.42. The zero-order chi connectivity index (χ0) is 36.3. The number of pyridine rings is 1. The highest BCUT2D eigenvalue weighted by molar-refractivity contribution is 5.95. The van der Waals surface area contributed by atoms with Crippen LogP contribution in [0.5, 0.6) is 5.88 Å². The van der Waals surface area contributed by atoms with Crippen molar-refractivity contribution in [2.24, 2.45) is 11.1 Å². The molecule has 4 aliphatic rings. The predicted molar refractivity (Wildman–Crippen MR) is 183 cm³/mol. The van der Waals surface area contributed by atoms with E-state index in [1.54, 1.807) is 16.8 Å². The van der Waals surface area contributed by atoms with Crippen molar-refractivity contribution < 1.29 is 37.1 Å². The second-order valence-electron chi connectivity index (χ2n) is 13.5. The summed E-state index contributed by atoms with van der Waals surface area (Å²) in [7, 11) is 1.80. The molecule has 51 heavy (non-hydrogen) atoms. The molecule has 4 heterocycles. The summed E-state index contributed by atoms with van der Waals surface area (Å²) in [5, 5.41) is 8.70. The van der Waals surface area contributed by atoms with Gasteiger partial charge in [-0.05, 0) is 81.6 Å². The number of allylic oxidation sites excluding steroid dienone is 1. The maximum atomic E-state index is 13.1. The van der Waals surface area contributed by atoms with Gasteiger partial charge >= 0.3 is 12.2 Å². The molecule has 16 heteroatoms. The predicted octanol–water partition coefficient (Wildman–Crippen LogP) is 4.22. The first-order valence-corrected chi connectivity index (χ1v) is 16.9. The number of ether oxygens (including phenoxy) is 1. The van der Waals surface area contributed by atoms with E-state index in [4.69, 9.17) is 10.5 Å². The third kappa shape index (κ3) is 7.45. The van der Waals surface area contributed by atoms with Crippen molar-refractivity contribution >= 4 is 46.6 Å². The summed E-state index contributed by atoms with van der Waals surface area (Å²) >= 11 is 0. The molecule has 2 amide bonds. The van der Waals surface area contributed by atoms with Crippen molar-refractivity contribution in [1.29, 1.82) is 0 Å². The molecule has 270 valence electrons. The molecule has 1 atom stereocenters. The largest absolute Gasteiger partial charge is 0.475 e. The van der Waals surface area contributed by atoms with Gasteiger partial charge in [0.05, 0.1) is 28.7 Å². The number of alkyl halides is 3. The van der Waals surface area contributed by atoms with Gasteiger partial charge in [-0.25, -0.2) is 24.2 Å². The van der Waals surface area contributed by atoms with Crippen LogP contribution in [0.15, 0.2) is 47.7 Å². The molecule has 1 spiro atoms. The fourth-order valence-corrected chi connectivity index (χ4v) is 7.73. The third-order valence-electron chi connectivity index (χ3n) is 10.5. The maximum Gasteiger partial charge on any atom is 0.417 e. The van der Waals surface area contributed by atoms with E-state index in [9.17, 15) is 32.3 Å². The van der Waals surface area contributed by atoms with E-state index in [-0.39, 0.29) is 46.8 Å². The number of para-hydroxylation sites is 1. The van der Waals surface area contributed by atoms with Crippen LogP contribution in [0.3, 0.4) is 0 Å². The number of hydrogen-bond acceptors (Lipinski definition) is 11. The van der Waals surface area contributed by atoms with Crippen LogP contribution < -0.4 is 36.2 Å². The second-order valence-corrected chi connectivity index (χ2v) is 13.5. The number of carbonyl (C=O) groups excluding carboxylic acids is 4. The number of amides is 2. The third-order valence-corrected chi connectivity index (χ3v) is 10.5. The first-order valence-electron chi connectivity index (χ1n) is 16.9. The van der Waals surface area contributed by atoms with Gasteiger partial charge in [0.1, 0.15) is 35.6 Å². The van der Waals surface area contributed by atoms with Gasteiger partial charge in [0.15, 0.2) is 5.94 Å². The summed E-state index contributed by atoms with van der Waals surface area (Å²) in [5.41, 5.74) is 7.01. The van der Waals surface area contributed by atoms with Crippen LogP contribution in [0.25, 0.3) is 0 Å². The van der Waals surface area contributed by atoms with Crippen LogP contribution in [0.1, 0.15) is 56.9 Å². The molecular weight excluding hydrogens is 669 g/mol. The summed E-state index contributed by atoms with van der Waals surface area (Å²) in [5.74, 6) is 5.92. The van der Waals surface area contributed by atoms with Gasteiger partial charge in [-0.3, -0.25) is 4.90 Å². The Morgan fingerprint density at radius 2 is 1.82 bits per heavy atom. The Hall–Kier alpha value is -5.26. The fourth-order valence-electron chi connectivity index (χ4n) is 7.73. The monoisotopic (exact) mass is 708 g/mol. The molecule has 0 bridgehead atoms. The first-order chi connectivity index (χ1) is 24.4. The summed E-state index contributed by atoms with van der Waals surface area (Å²) in [6.07, 6.45) is 2.92. The van der Waals surface area contributed by atoms with Crippen LogP contribution in [-0.4, -0.2) is 79.1 Å². The van der Waals surface area contributed by atoms with Gasteiger partial charge in [-0.2, -0.15) is 13.2 Å². The maximum absolute atomic E-state index is 13.1. The summed E-state index contributed by atoms with van der Waals surface area (Å²) in [6, 6.07) is 5.25. The molecule has 0 radical (unpaired) electrons. The number of halogens is 3. The SMILES string of the molecule is CN1C(=C=O)N(C2CCC(=C=O)NC2=C=O)c2cccc(NC3CCC4(CC3)CCN(CCOc3ncc(C(F)(F)F)cc3NC(N)=O)CC4)c21. The van der Waals surface area contributed by atoms with Gasteiger partial charge in [0.2, 0.25) is 11.7 Å². The molecule has 2 saturated heterocycles. The van der Waals surface area contributed by atoms with E-state index >= 15 is 0 Å². The minimum atomic E-state index is -4.63. The minimum absolute atomic E-state index is 0.123. The number of primary amides is 1. The Balaban J connectivity index is 1.03. The molecule has 13 nitrogen and oxygen atoms in total. The first kappa shape index (κ1) is 35.6. The number of carbonyl (C=O) groups is 1. The van der Waals surface area contributed by atoms with Gasteiger partial charge in [0.25, 0.3) is 0 Å². The number of fused-ring (bicyclic) bond motifs is 1. The highest BCUT2D eigenvalue weighted by atomic mass is 19.4. The number of anilines is 4. The van der Waals surface area contributed by atoms with Gasteiger partial charge < -0.3 is 36.2 Å². The molecule has 1 aromatic carbocycles. The summed E-state index contributed by atoms with van der Waals surface area (Å²) in [4.78, 5) is 56.2. The quantitative estimate of drug-likeness (QED) is 0.291. The number of nitrogens with two attached hydrogens (primary N) is 1. The van der Waals surface area contributed by atoms with Crippen LogP contribution in [0, 0.1) is 5.41 Å². The van der Waals surface area contributed by atoms with Crippen LogP contribution in [0.4, 0.5) is 40.7 Å². The van der Waals surface area contributed by atoms with Crippen molar-refractivity contribution in [2.75, 3.05) is 53.7 Å². The Kier molecular flexibility index (Phi) is 10.1. The number of benzene rings is 1. The number of nitrogens with one attached hydrogen (secondary N) is 3. The number of aromatic nitrogens is 1. The summed E-state index contributed by atoms with van der Waals surface area (Å²) in [6.45, 7) is 2.45. The van der Waals surface area contributed by atoms with Gasteiger partial charge in [-0.1, -0.05) is 6.07 Å². The average molecular weight is 709 g/mol. The lowest BCUT2D eigenvalue weighted by Crippen LogP contribution is -2.44. The number of piperidine rings is 2. The topological polar surface area (TPSA) is 162 Å². The van der Waals surface area contributed by atoms with Crippen molar-refractivity contribution in [2.45, 2.75) is 69.6 Å². The zero-order valence-electron chi connectivity index (χ0n) is 28.1. The molecular formula is C35H39F3N8O5. The minimum Gasteiger partial charge on any atom is -0.475 e. The number of urea groups is 1. The van der Waals surface area contributed by atoms with E-state index in [0.29, 0.717) is 25.6 Å². The number of rotatable bonds is 8. The van der Waals surface area contributed by atoms with Crippen molar-refractivity contribution in [3.63, 3.8) is 0 Å². The highest BCUT2D eigenvalue weighted by Crippen LogP contribution is 2.49. The Bertz CT molecular complexity index is 1820. The molecule has 2 aromatic rings. The van der Waals surface area contributed by atoms with Gasteiger partial charge in [0, 0.05) is 32.3 Å². The van der Waals surface area contributed by atoms with E-state index in [2.05, 4.69) is 31.8 Å². The lowest BCUT2D eigenvalue weighted by atomic mass is 9.67. The van der Waals surface area contributed by atoms with Gasteiger partial charge in [-0.15, -0.1) is 0 Å². The van der Waals surface area contributed by atoms with Crippen LogP contribution in [-0.2, 0) is 20.6 Å². The smallest absolute Gasteiger partial charge is 0.417 e. The lowest BCUT2D eigenvalue weighted by molar-refractivity contribution is -0.137. The van der Waals surface area contributed by atoms with Crippen LogP contribution >= 0.6 is 0 Å². The molecule has 3 fully saturated rings. The average Bonchev–Trinajstić information content (AvgIpc) is 3.41. The Morgan fingerprint density at radius 1 is 1.08 bits per heavy atom. The Morgan fingerprint density at radius 3 is 2.47 bits per heavy atom. The second kappa shape index (κ2) is 14.5. The van der Waals surface area contributed by atoms with E-state index < -0.39 is 23.8 Å². The van der Waals surface area contributed by atoms with Crippen molar-refractivity contribution in [3.05, 3.63) is 53.2 Å². The number of nitrogens with zero attached hydrogens (tertiary/aromatic N) is 4. The molecule has 1 aromatic heterocycles. The van der Waals surface area contributed by atoms with Crippen LogP contribution in [0.2, 0.25) is 0 Å². The van der Waals surface area contributed by atoms with E-state index in [0.717, 1.165) is 74.7 Å². The normalized spacial score (nSPS) is 20.6. The number of likely N-dealkylation sites (tertiary alicyclic amines) is 1.